The smallest absolute Gasteiger partial charge is 0.227 e. The maximum absolute atomic E-state index is 12.6. The minimum Gasteiger partial charge on any atom is -0.355 e. The molecular formula is C23H22Cl2N4O. The Balaban J connectivity index is 1.34. The second-order valence-electron chi connectivity index (χ2n) is 7.50. The highest BCUT2D eigenvalue weighted by atomic mass is 35.5. The van der Waals surface area contributed by atoms with Crippen molar-refractivity contribution in [3.63, 3.8) is 0 Å². The molecule has 1 N–H and O–H groups in total. The van der Waals surface area contributed by atoms with E-state index in [1.165, 1.54) is 0 Å². The van der Waals surface area contributed by atoms with Crippen molar-refractivity contribution in [1.82, 2.24) is 10.2 Å². The largest absolute Gasteiger partial charge is 0.355 e. The fourth-order valence-corrected chi connectivity index (χ4v) is 3.86. The minimum atomic E-state index is -0.0253. The number of anilines is 2. The SMILES string of the molecule is Cc1ccc(NC(=O)C2CCN(c3ccc(-c4ccc(Cl)cc4)nn3)CC2)cc1Cl. The summed E-state index contributed by atoms with van der Waals surface area (Å²) in [4.78, 5) is 14.8. The molecule has 1 amide bonds. The maximum atomic E-state index is 12.6. The van der Waals surface area contributed by atoms with Crippen LogP contribution in [0, 0.1) is 12.8 Å². The van der Waals surface area contributed by atoms with Crippen molar-refractivity contribution in [2.45, 2.75) is 19.8 Å². The molecule has 1 aromatic heterocycles. The zero-order valence-electron chi connectivity index (χ0n) is 16.6. The summed E-state index contributed by atoms with van der Waals surface area (Å²) in [5, 5.41) is 13.1. The number of halogens is 2. The molecule has 0 bridgehead atoms. The van der Waals surface area contributed by atoms with E-state index >= 15 is 0 Å². The van der Waals surface area contributed by atoms with Crippen LogP contribution in [0.2, 0.25) is 10.0 Å². The van der Waals surface area contributed by atoms with Crippen molar-refractivity contribution in [3.05, 3.63) is 70.2 Å². The second kappa shape index (κ2) is 9.02. The molecule has 1 fully saturated rings. The lowest BCUT2D eigenvalue weighted by Gasteiger charge is -2.31. The van der Waals surface area contributed by atoms with E-state index < -0.39 is 0 Å². The van der Waals surface area contributed by atoms with Gasteiger partial charge < -0.3 is 10.2 Å². The highest BCUT2D eigenvalue weighted by Crippen LogP contribution is 2.26. The molecule has 154 valence electrons. The van der Waals surface area contributed by atoms with Gasteiger partial charge in [-0.25, -0.2) is 0 Å². The van der Waals surface area contributed by atoms with Gasteiger partial charge in [0, 0.05) is 40.3 Å². The Bertz CT molecular complexity index is 1030. The van der Waals surface area contributed by atoms with Crippen LogP contribution in [-0.4, -0.2) is 29.2 Å². The number of aryl methyl sites for hydroxylation is 1. The fourth-order valence-electron chi connectivity index (χ4n) is 3.55. The molecule has 0 aliphatic carbocycles. The summed E-state index contributed by atoms with van der Waals surface area (Å²) in [5.74, 6) is 0.846. The highest BCUT2D eigenvalue weighted by Gasteiger charge is 2.26. The van der Waals surface area contributed by atoms with Gasteiger partial charge in [-0.15, -0.1) is 10.2 Å². The molecular weight excluding hydrogens is 419 g/mol. The van der Waals surface area contributed by atoms with Gasteiger partial charge in [-0.05, 0) is 61.7 Å². The number of piperidine rings is 1. The summed E-state index contributed by atoms with van der Waals surface area (Å²) in [5.41, 5.74) is 3.51. The maximum Gasteiger partial charge on any atom is 0.227 e. The lowest BCUT2D eigenvalue weighted by molar-refractivity contribution is -0.120. The van der Waals surface area contributed by atoms with Gasteiger partial charge >= 0.3 is 0 Å². The molecule has 5 nitrogen and oxygen atoms in total. The van der Waals surface area contributed by atoms with E-state index in [0.717, 1.165) is 54.3 Å². The molecule has 0 unspecified atom stereocenters. The van der Waals surface area contributed by atoms with Crippen molar-refractivity contribution in [2.75, 3.05) is 23.3 Å². The molecule has 1 aliphatic rings. The van der Waals surface area contributed by atoms with Gasteiger partial charge in [-0.1, -0.05) is 41.4 Å². The molecule has 30 heavy (non-hydrogen) atoms. The summed E-state index contributed by atoms with van der Waals surface area (Å²) < 4.78 is 0. The normalized spacial score (nSPS) is 14.6. The second-order valence-corrected chi connectivity index (χ2v) is 8.34. The van der Waals surface area contributed by atoms with Crippen molar-refractivity contribution in [1.29, 1.82) is 0 Å². The van der Waals surface area contributed by atoms with Crippen LogP contribution >= 0.6 is 23.2 Å². The first kappa shape index (κ1) is 20.6. The average molecular weight is 441 g/mol. The van der Waals surface area contributed by atoms with E-state index in [-0.39, 0.29) is 11.8 Å². The summed E-state index contributed by atoms with van der Waals surface area (Å²) in [6.07, 6.45) is 1.54. The van der Waals surface area contributed by atoms with E-state index in [9.17, 15) is 4.79 Å². The number of carbonyl (C=O) groups excluding carboxylic acids is 1. The number of hydrogen-bond acceptors (Lipinski definition) is 4. The Kier molecular flexibility index (Phi) is 6.21. The fraction of sp³-hybridized carbons (Fsp3) is 0.261. The first-order chi connectivity index (χ1) is 14.5. The molecule has 0 spiro atoms. The molecule has 0 radical (unpaired) electrons. The van der Waals surface area contributed by atoms with Gasteiger partial charge in [0.05, 0.1) is 5.69 Å². The van der Waals surface area contributed by atoms with Gasteiger partial charge in [0.25, 0.3) is 0 Å². The summed E-state index contributed by atoms with van der Waals surface area (Å²) in [6.45, 7) is 3.47. The monoisotopic (exact) mass is 440 g/mol. The summed E-state index contributed by atoms with van der Waals surface area (Å²) in [7, 11) is 0. The van der Waals surface area contributed by atoms with Gasteiger partial charge in [0.15, 0.2) is 5.82 Å². The van der Waals surface area contributed by atoms with Crippen molar-refractivity contribution in [3.8, 4) is 11.3 Å². The Labute approximate surface area is 186 Å². The number of nitrogens with zero attached hydrogens (tertiary/aromatic N) is 3. The molecule has 3 aromatic rings. The molecule has 2 aromatic carbocycles. The van der Waals surface area contributed by atoms with Crippen LogP contribution in [0.25, 0.3) is 11.3 Å². The van der Waals surface area contributed by atoms with E-state index in [2.05, 4.69) is 20.4 Å². The van der Waals surface area contributed by atoms with Crippen LogP contribution < -0.4 is 10.2 Å². The average Bonchev–Trinajstić information content (AvgIpc) is 2.77. The number of carbonyl (C=O) groups is 1. The predicted octanol–water partition coefficient (Wildman–Crippen LogP) is 5.61. The van der Waals surface area contributed by atoms with Gasteiger partial charge in [0.2, 0.25) is 5.91 Å². The molecule has 7 heteroatoms. The molecule has 1 saturated heterocycles. The first-order valence-corrected chi connectivity index (χ1v) is 10.7. The molecule has 0 saturated carbocycles. The van der Waals surface area contributed by atoms with E-state index in [1.54, 1.807) is 6.07 Å². The van der Waals surface area contributed by atoms with Gasteiger partial charge in [-0.3, -0.25) is 4.79 Å². The Hall–Kier alpha value is -2.63. The van der Waals surface area contributed by atoms with Crippen LogP contribution in [0.1, 0.15) is 18.4 Å². The number of amides is 1. The van der Waals surface area contributed by atoms with Crippen molar-refractivity contribution >= 4 is 40.6 Å². The number of hydrogen-bond donors (Lipinski definition) is 1. The van der Waals surface area contributed by atoms with Gasteiger partial charge in [0.1, 0.15) is 0 Å². The van der Waals surface area contributed by atoms with Crippen LogP contribution in [0.15, 0.2) is 54.6 Å². The third kappa shape index (κ3) is 4.74. The molecule has 0 atom stereocenters. The first-order valence-electron chi connectivity index (χ1n) is 9.91. The number of rotatable bonds is 4. The lowest BCUT2D eigenvalue weighted by Crippen LogP contribution is -2.38. The third-order valence-corrected chi connectivity index (χ3v) is 6.08. The lowest BCUT2D eigenvalue weighted by atomic mass is 9.95. The van der Waals surface area contributed by atoms with Crippen LogP contribution in [0.3, 0.4) is 0 Å². The topological polar surface area (TPSA) is 58.1 Å². The predicted molar refractivity (Wildman–Crippen MR) is 122 cm³/mol. The molecule has 4 rings (SSSR count). The van der Waals surface area contributed by atoms with E-state index in [1.807, 2.05) is 55.5 Å². The standard InChI is InChI=1S/C23H22Cl2N4O/c1-15-2-7-19(14-20(15)25)26-23(30)17-10-12-29(13-11-17)22-9-8-21(27-28-22)16-3-5-18(24)6-4-16/h2-9,14,17H,10-13H2,1H3,(H,26,30). The quantitative estimate of drug-likeness (QED) is 0.572. The van der Waals surface area contributed by atoms with Crippen LogP contribution in [-0.2, 0) is 4.79 Å². The van der Waals surface area contributed by atoms with Crippen molar-refractivity contribution < 1.29 is 4.79 Å². The van der Waals surface area contributed by atoms with E-state index in [4.69, 9.17) is 23.2 Å². The Morgan fingerprint density at radius 2 is 1.73 bits per heavy atom. The summed E-state index contributed by atoms with van der Waals surface area (Å²) >= 11 is 12.1. The minimum absolute atomic E-state index is 0.0253. The summed E-state index contributed by atoms with van der Waals surface area (Å²) in [6, 6.07) is 17.1. The molecule has 2 heterocycles. The molecule has 1 aliphatic heterocycles. The zero-order chi connectivity index (χ0) is 21.1. The highest BCUT2D eigenvalue weighted by molar-refractivity contribution is 6.31. The van der Waals surface area contributed by atoms with Crippen molar-refractivity contribution in [2.24, 2.45) is 5.92 Å². The number of benzene rings is 2. The van der Waals surface area contributed by atoms with Crippen LogP contribution in [0.5, 0.6) is 0 Å². The Morgan fingerprint density at radius 1 is 1.00 bits per heavy atom. The van der Waals surface area contributed by atoms with Gasteiger partial charge in [-0.2, -0.15) is 0 Å². The zero-order valence-corrected chi connectivity index (χ0v) is 18.1. The van der Waals surface area contributed by atoms with E-state index in [0.29, 0.717) is 10.0 Å². The number of aromatic nitrogens is 2. The Morgan fingerprint density at radius 3 is 2.37 bits per heavy atom. The third-order valence-electron chi connectivity index (χ3n) is 5.42. The van der Waals surface area contributed by atoms with Crippen LogP contribution in [0.4, 0.5) is 11.5 Å². The number of nitrogens with one attached hydrogen (secondary N) is 1.